The van der Waals surface area contributed by atoms with Crippen LogP contribution in [0.15, 0.2) is 30.3 Å². The highest BCUT2D eigenvalue weighted by atomic mass is 32.2. The van der Waals surface area contributed by atoms with E-state index < -0.39 is 5.41 Å². The lowest BCUT2D eigenvalue weighted by Gasteiger charge is -2.46. The van der Waals surface area contributed by atoms with E-state index in [9.17, 15) is 9.90 Å². The van der Waals surface area contributed by atoms with Crippen LogP contribution in [0.4, 0.5) is 0 Å². The van der Waals surface area contributed by atoms with Crippen molar-refractivity contribution < 1.29 is 9.90 Å². The summed E-state index contributed by atoms with van der Waals surface area (Å²) < 4.78 is 3.35. The van der Waals surface area contributed by atoms with Crippen molar-refractivity contribution in [2.45, 2.75) is 40.7 Å². The molecule has 0 saturated carbocycles. The second kappa shape index (κ2) is 8.70. The molecule has 0 aliphatic carbocycles. The van der Waals surface area contributed by atoms with Gasteiger partial charge in [-0.15, -0.1) is 0 Å². The molecule has 22 heavy (non-hydrogen) atoms. The van der Waals surface area contributed by atoms with E-state index in [1.54, 1.807) is 11.9 Å². The van der Waals surface area contributed by atoms with Crippen molar-refractivity contribution in [1.29, 1.82) is 0 Å². The number of aldehydes is 1. The van der Waals surface area contributed by atoms with Crippen LogP contribution in [0.3, 0.4) is 0 Å². The maximum absolute atomic E-state index is 11.9. The summed E-state index contributed by atoms with van der Waals surface area (Å²) in [6.07, 6.45) is 1.87. The van der Waals surface area contributed by atoms with Gasteiger partial charge in [0.2, 0.25) is 0 Å². The molecular weight excluding hydrogens is 294 g/mol. The molecule has 0 amide bonds. The van der Waals surface area contributed by atoms with Gasteiger partial charge in [0.1, 0.15) is 6.29 Å². The first-order valence-corrected chi connectivity index (χ1v) is 8.88. The van der Waals surface area contributed by atoms with E-state index >= 15 is 0 Å². The van der Waals surface area contributed by atoms with Gasteiger partial charge in [-0.3, -0.25) is 4.72 Å². The highest BCUT2D eigenvalue weighted by molar-refractivity contribution is 7.97. The van der Waals surface area contributed by atoms with Crippen molar-refractivity contribution >= 4 is 18.2 Å². The van der Waals surface area contributed by atoms with Gasteiger partial charge in [0.05, 0.1) is 0 Å². The Morgan fingerprint density at radius 1 is 1.32 bits per heavy atom. The van der Waals surface area contributed by atoms with Crippen molar-refractivity contribution in [3.8, 4) is 0 Å². The lowest BCUT2D eigenvalue weighted by Crippen LogP contribution is -2.46. The zero-order valence-electron chi connectivity index (χ0n) is 14.1. The lowest BCUT2D eigenvalue weighted by molar-refractivity contribution is -0.124. The standard InChI is InChI=1S/C18H29NO2S/c1-5-18(13-21,17(3,4)15(2)12-20)14-22-19-11-16-9-7-6-8-10-16/h6-10,13,15,19-20H,5,11-12,14H2,1-4H3. The summed E-state index contributed by atoms with van der Waals surface area (Å²) in [6, 6.07) is 10.2. The predicted molar refractivity (Wildman–Crippen MR) is 94.6 cm³/mol. The van der Waals surface area contributed by atoms with Crippen molar-refractivity contribution in [1.82, 2.24) is 4.72 Å². The number of nitrogens with one attached hydrogen (secondary N) is 1. The van der Waals surface area contributed by atoms with Crippen LogP contribution in [0, 0.1) is 16.7 Å². The van der Waals surface area contributed by atoms with Gasteiger partial charge in [0.25, 0.3) is 0 Å². The molecule has 0 spiro atoms. The second-order valence-corrected chi connectivity index (χ2v) is 7.39. The molecule has 0 heterocycles. The van der Waals surface area contributed by atoms with Crippen molar-refractivity contribution in [2.75, 3.05) is 12.4 Å². The summed E-state index contributed by atoms with van der Waals surface area (Å²) in [7, 11) is 0. The molecule has 0 aliphatic rings. The van der Waals surface area contributed by atoms with Gasteiger partial charge in [-0.2, -0.15) is 0 Å². The van der Waals surface area contributed by atoms with Crippen LogP contribution in [0.2, 0.25) is 0 Å². The third-order valence-electron chi connectivity index (χ3n) is 5.20. The Morgan fingerprint density at radius 3 is 2.45 bits per heavy atom. The molecular formula is C18H29NO2S. The topological polar surface area (TPSA) is 49.3 Å². The van der Waals surface area contributed by atoms with Gasteiger partial charge < -0.3 is 9.90 Å². The fourth-order valence-electron chi connectivity index (χ4n) is 2.64. The largest absolute Gasteiger partial charge is 0.396 e. The predicted octanol–water partition coefficient (Wildman–Crippen LogP) is 3.67. The van der Waals surface area contributed by atoms with Crippen molar-refractivity contribution in [2.24, 2.45) is 16.7 Å². The molecule has 4 heteroatoms. The third kappa shape index (κ3) is 4.34. The molecule has 1 rings (SSSR count). The molecule has 0 bridgehead atoms. The Balaban J connectivity index is 2.66. The highest BCUT2D eigenvalue weighted by Crippen LogP contribution is 2.47. The summed E-state index contributed by atoms with van der Waals surface area (Å²) in [5, 5.41) is 9.51. The van der Waals surface area contributed by atoms with E-state index in [1.807, 2.05) is 25.1 Å². The number of aliphatic hydroxyl groups is 1. The molecule has 0 aliphatic heterocycles. The van der Waals surface area contributed by atoms with E-state index in [4.69, 9.17) is 0 Å². The highest BCUT2D eigenvalue weighted by Gasteiger charge is 2.46. The fraction of sp³-hybridized carbons (Fsp3) is 0.611. The summed E-state index contributed by atoms with van der Waals surface area (Å²) in [4.78, 5) is 11.9. The van der Waals surface area contributed by atoms with E-state index in [0.29, 0.717) is 5.75 Å². The normalized spacial score (nSPS) is 16.0. The molecule has 2 N–H and O–H groups in total. The Bertz CT molecular complexity index is 450. The van der Waals surface area contributed by atoms with Crippen LogP contribution < -0.4 is 4.72 Å². The zero-order valence-corrected chi connectivity index (χ0v) is 15.0. The van der Waals surface area contributed by atoms with Gasteiger partial charge in [-0.05, 0) is 23.3 Å². The minimum absolute atomic E-state index is 0.0763. The Labute approximate surface area is 139 Å². The minimum Gasteiger partial charge on any atom is -0.396 e. The van der Waals surface area contributed by atoms with E-state index in [-0.39, 0.29) is 17.9 Å². The van der Waals surface area contributed by atoms with Crippen LogP contribution in [0.25, 0.3) is 0 Å². The Kier molecular flexibility index (Phi) is 7.60. The Morgan fingerprint density at radius 2 is 1.95 bits per heavy atom. The first-order chi connectivity index (χ1) is 10.4. The quantitative estimate of drug-likeness (QED) is 0.392. The summed E-state index contributed by atoms with van der Waals surface area (Å²) in [6.45, 7) is 9.12. The summed E-state index contributed by atoms with van der Waals surface area (Å²) in [5.74, 6) is 0.782. The number of aliphatic hydroxyl groups excluding tert-OH is 1. The third-order valence-corrected chi connectivity index (χ3v) is 6.20. The number of benzene rings is 1. The molecule has 3 nitrogen and oxygen atoms in total. The number of carbonyl (C=O) groups excluding carboxylic acids is 1. The summed E-state index contributed by atoms with van der Waals surface area (Å²) in [5.41, 5.74) is 0.537. The van der Waals surface area contributed by atoms with Crippen LogP contribution in [-0.2, 0) is 11.3 Å². The van der Waals surface area contributed by atoms with Crippen LogP contribution >= 0.6 is 11.9 Å². The first-order valence-electron chi connectivity index (χ1n) is 7.89. The molecule has 0 radical (unpaired) electrons. The van der Waals surface area contributed by atoms with Crippen LogP contribution in [-0.4, -0.2) is 23.8 Å². The average molecular weight is 324 g/mol. The second-order valence-electron chi connectivity index (χ2n) is 6.53. The smallest absolute Gasteiger partial charge is 0.127 e. The fourth-order valence-corrected chi connectivity index (χ4v) is 3.91. The monoisotopic (exact) mass is 323 g/mol. The SMILES string of the molecule is CCC(C=O)(CSNCc1ccccc1)C(C)(C)C(C)CO. The average Bonchev–Trinajstić information content (AvgIpc) is 2.55. The first kappa shape index (κ1) is 19.2. The molecule has 0 saturated heterocycles. The molecule has 1 aromatic carbocycles. The molecule has 0 fully saturated rings. The molecule has 1 aromatic rings. The molecule has 2 unspecified atom stereocenters. The summed E-state index contributed by atoms with van der Waals surface area (Å²) >= 11 is 1.60. The molecule has 2 atom stereocenters. The number of hydrogen-bond acceptors (Lipinski definition) is 4. The van der Waals surface area contributed by atoms with Crippen LogP contribution in [0.1, 0.15) is 39.7 Å². The molecule has 0 aromatic heterocycles. The van der Waals surface area contributed by atoms with Gasteiger partial charge >= 0.3 is 0 Å². The minimum atomic E-state index is -0.441. The van der Waals surface area contributed by atoms with Gasteiger partial charge in [0, 0.05) is 24.3 Å². The zero-order chi connectivity index (χ0) is 16.6. The number of rotatable bonds is 10. The van der Waals surface area contributed by atoms with Crippen molar-refractivity contribution in [3.05, 3.63) is 35.9 Å². The van der Waals surface area contributed by atoms with Gasteiger partial charge in [-0.1, -0.05) is 70.0 Å². The Hall–Kier alpha value is -0.840. The van der Waals surface area contributed by atoms with Crippen molar-refractivity contribution in [3.63, 3.8) is 0 Å². The van der Waals surface area contributed by atoms with E-state index in [1.165, 1.54) is 5.56 Å². The van der Waals surface area contributed by atoms with Gasteiger partial charge in [0.15, 0.2) is 0 Å². The number of carbonyl (C=O) groups is 1. The lowest BCUT2D eigenvalue weighted by atomic mass is 9.60. The van der Waals surface area contributed by atoms with Crippen LogP contribution in [0.5, 0.6) is 0 Å². The number of hydrogen-bond donors (Lipinski definition) is 2. The van der Waals surface area contributed by atoms with E-state index in [2.05, 4.69) is 37.6 Å². The maximum Gasteiger partial charge on any atom is 0.127 e. The van der Waals surface area contributed by atoms with Gasteiger partial charge in [-0.25, -0.2) is 0 Å². The molecule has 124 valence electrons. The maximum atomic E-state index is 11.9. The van der Waals surface area contributed by atoms with E-state index in [0.717, 1.165) is 19.3 Å².